The minimum Gasteiger partial charge on any atom is -0.369 e. The van der Waals surface area contributed by atoms with Gasteiger partial charge in [0.25, 0.3) is 0 Å². The predicted molar refractivity (Wildman–Crippen MR) is 120 cm³/mol. The van der Waals surface area contributed by atoms with Crippen molar-refractivity contribution in [3.8, 4) is 0 Å². The lowest BCUT2D eigenvalue weighted by atomic mass is 9.68. The van der Waals surface area contributed by atoms with E-state index in [1.807, 2.05) is 6.07 Å². The van der Waals surface area contributed by atoms with E-state index in [0.717, 1.165) is 43.9 Å². The highest BCUT2D eigenvalue weighted by molar-refractivity contribution is 5.78. The topological polar surface area (TPSA) is 23.6 Å². The van der Waals surface area contributed by atoms with Gasteiger partial charge in [-0.25, -0.2) is 0 Å². The normalized spacial score (nSPS) is 24.4. The Morgan fingerprint density at radius 1 is 1.04 bits per heavy atom. The molecule has 3 rings (SSSR count). The fourth-order valence-corrected chi connectivity index (χ4v) is 5.12. The number of carbonyl (C=O) groups excluding carboxylic acids is 1. The number of benzene rings is 1. The second-order valence-electron chi connectivity index (χ2n) is 10.0. The van der Waals surface area contributed by atoms with Gasteiger partial charge in [-0.2, -0.15) is 0 Å². The van der Waals surface area contributed by atoms with Crippen LogP contribution in [0.5, 0.6) is 0 Å². The van der Waals surface area contributed by atoms with Gasteiger partial charge in [-0.05, 0) is 67.5 Å². The van der Waals surface area contributed by atoms with E-state index in [2.05, 4.69) is 49.6 Å². The average molecular weight is 385 g/mol. The Kier molecular flexibility index (Phi) is 7.20. The van der Waals surface area contributed by atoms with Gasteiger partial charge in [-0.1, -0.05) is 46.2 Å². The van der Waals surface area contributed by atoms with E-state index < -0.39 is 0 Å². The molecule has 1 aliphatic carbocycles. The number of aldehydes is 1. The molecule has 1 aromatic carbocycles. The Morgan fingerprint density at radius 2 is 1.71 bits per heavy atom. The van der Waals surface area contributed by atoms with Gasteiger partial charge in [0.05, 0.1) is 0 Å². The maximum Gasteiger partial charge on any atom is 0.150 e. The highest BCUT2D eigenvalue weighted by atomic mass is 16.1. The van der Waals surface area contributed by atoms with Crippen molar-refractivity contribution in [2.45, 2.75) is 72.1 Å². The molecule has 0 atom stereocenters. The summed E-state index contributed by atoms with van der Waals surface area (Å²) < 4.78 is 0. The molecule has 0 spiro atoms. The summed E-state index contributed by atoms with van der Waals surface area (Å²) in [4.78, 5) is 16.6. The Balaban J connectivity index is 1.72. The Morgan fingerprint density at radius 3 is 2.29 bits per heavy atom. The first-order chi connectivity index (χ1) is 13.4. The van der Waals surface area contributed by atoms with Crippen LogP contribution < -0.4 is 4.90 Å². The molecule has 0 amide bonds. The molecule has 0 bridgehead atoms. The predicted octanol–water partition coefficient (Wildman–Crippen LogP) is 5.74. The second kappa shape index (κ2) is 9.43. The third kappa shape index (κ3) is 5.17. The van der Waals surface area contributed by atoms with Gasteiger partial charge in [0.1, 0.15) is 6.29 Å². The molecule has 2 fully saturated rings. The smallest absolute Gasteiger partial charge is 0.150 e. The zero-order valence-corrected chi connectivity index (χ0v) is 18.5. The summed E-state index contributed by atoms with van der Waals surface area (Å²) in [6.07, 6.45) is 8.78. The zero-order chi connectivity index (χ0) is 20.1. The van der Waals surface area contributed by atoms with Crippen molar-refractivity contribution >= 4 is 12.0 Å². The first kappa shape index (κ1) is 21.4. The van der Waals surface area contributed by atoms with Crippen molar-refractivity contribution in [3.05, 3.63) is 29.3 Å². The largest absolute Gasteiger partial charge is 0.369 e. The molecular formula is C25H40N2O. The van der Waals surface area contributed by atoms with Crippen LogP contribution in [0.1, 0.15) is 88.1 Å². The number of anilines is 1. The Hall–Kier alpha value is -1.35. The maximum atomic E-state index is 11.4. The Labute approximate surface area is 172 Å². The lowest BCUT2D eigenvalue weighted by molar-refractivity contribution is 0.112. The van der Waals surface area contributed by atoms with Crippen molar-refractivity contribution in [2.75, 3.05) is 37.6 Å². The number of unbranched alkanes of at least 4 members (excludes halogenated alkanes) is 1. The number of rotatable bonds is 6. The third-order valence-electron chi connectivity index (χ3n) is 7.12. The summed E-state index contributed by atoms with van der Waals surface area (Å²) >= 11 is 0. The lowest BCUT2D eigenvalue weighted by Crippen LogP contribution is -2.47. The number of carbonyl (C=O) groups is 1. The second-order valence-corrected chi connectivity index (χ2v) is 10.0. The fraction of sp³-hybridized carbons (Fsp3) is 0.720. The van der Waals surface area contributed by atoms with Crippen molar-refractivity contribution in [2.24, 2.45) is 11.3 Å². The Bertz CT molecular complexity index is 632. The minimum atomic E-state index is 0.421. The van der Waals surface area contributed by atoms with Crippen LogP contribution in [0.2, 0.25) is 0 Å². The van der Waals surface area contributed by atoms with Gasteiger partial charge in [0.15, 0.2) is 0 Å². The van der Waals surface area contributed by atoms with E-state index in [-0.39, 0.29) is 0 Å². The summed E-state index contributed by atoms with van der Waals surface area (Å²) in [5.74, 6) is 1.48. The van der Waals surface area contributed by atoms with Gasteiger partial charge >= 0.3 is 0 Å². The van der Waals surface area contributed by atoms with Crippen LogP contribution in [-0.4, -0.2) is 43.9 Å². The summed E-state index contributed by atoms with van der Waals surface area (Å²) in [5, 5.41) is 0. The highest BCUT2D eigenvalue weighted by Crippen LogP contribution is 2.45. The standard InChI is InChI=1S/C25H40N2O/c1-5-6-13-26-14-16-27(17-15-26)24-18-20(19-28)7-12-23(24)21-8-10-22(11-9-21)25(2,3)4/h7,12,18-19,21-22H,5-6,8-11,13-17H2,1-4H3. The molecule has 1 saturated heterocycles. The van der Waals surface area contributed by atoms with Crippen LogP contribution >= 0.6 is 0 Å². The highest BCUT2D eigenvalue weighted by Gasteiger charge is 2.32. The van der Waals surface area contributed by atoms with Crippen LogP contribution in [0.3, 0.4) is 0 Å². The van der Waals surface area contributed by atoms with E-state index in [4.69, 9.17) is 0 Å². The van der Waals surface area contributed by atoms with E-state index in [9.17, 15) is 4.79 Å². The first-order valence-electron chi connectivity index (χ1n) is 11.5. The molecule has 2 aliphatic rings. The number of piperazine rings is 1. The summed E-state index contributed by atoms with van der Waals surface area (Å²) in [6, 6.07) is 6.43. The van der Waals surface area contributed by atoms with E-state index in [0.29, 0.717) is 11.3 Å². The fourth-order valence-electron chi connectivity index (χ4n) is 5.12. The molecule has 0 aromatic heterocycles. The summed E-state index contributed by atoms with van der Waals surface area (Å²) in [7, 11) is 0. The van der Waals surface area contributed by atoms with Crippen molar-refractivity contribution < 1.29 is 4.79 Å². The molecule has 0 radical (unpaired) electrons. The molecule has 28 heavy (non-hydrogen) atoms. The van der Waals surface area contributed by atoms with Gasteiger partial charge in [-0.15, -0.1) is 0 Å². The van der Waals surface area contributed by atoms with Crippen LogP contribution in [0, 0.1) is 11.3 Å². The van der Waals surface area contributed by atoms with Crippen molar-refractivity contribution in [1.29, 1.82) is 0 Å². The molecular weight excluding hydrogens is 344 g/mol. The molecule has 0 N–H and O–H groups in total. The van der Waals surface area contributed by atoms with Gasteiger partial charge in [-0.3, -0.25) is 9.69 Å². The van der Waals surface area contributed by atoms with Gasteiger partial charge < -0.3 is 4.90 Å². The average Bonchev–Trinajstić information content (AvgIpc) is 2.71. The third-order valence-corrected chi connectivity index (χ3v) is 7.12. The number of nitrogens with zero attached hydrogens (tertiary/aromatic N) is 2. The van der Waals surface area contributed by atoms with E-state index in [1.165, 1.54) is 56.3 Å². The number of hydrogen-bond donors (Lipinski definition) is 0. The maximum absolute atomic E-state index is 11.4. The number of hydrogen-bond acceptors (Lipinski definition) is 3. The SMILES string of the molecule is CCCCN1CCN(c2cc(C=O)ccc2C2CCC(C(C)(C)C)CC2)CC1. The van der Waals surface area contributed by atoms with Crippen LogP contribution in [0.25, 0.3) is 0 Å². The van der Waals surface area contributed by atoms with E-state index in [1.54, 1.807) is 0 Å². The summed E-state index contributed by atoms with van der Waals surface area (Å²) in [6.45, 7) is 15.1. The van der Waals surface area contributed by atoms with E-state index >= 15 is 0 Å². The molecule has 3 heteroatoms. The molecule has 0 unspecified atom stereocenters. The molecule has 1 aliphatic heterocycles. The molecule has 1 heterocycles. The van der Waals surface area contributed by atoms with Crippen LogP contribution in [-0.2, 0) is 0 Å². The van der Waals surface area contributed by atoms with Crippen molar-refractivity contribution in [1.82, 2.24) is 4.90 Å². The minimum absolute atomic E-state index is 0.421. The van der Waals surface area contributed by atoms with Gasteiger partial charge in [0.2, 0.25) is 0 Å². The monoisotopic (exact) mass is 384 g/mol. The molecule has 1 saturated carbocycles. The summed E-state index contributed by atoms with van der Waals surface area (Å²) in [5.41, 5.74) is 4.05. The van der Waals surface area contributed by atoms with Gasteiger partial charge in [0, 0.05) is 37.4 Å². The van der Waals surface area contributed by atoms with Crippen LogP contribution in [0.15, 0.2) is 18.2 Å². The molecule has 1 aromatic rings. The van der Waals surface area contributed by atoms with Crippen LogP contribution in [0.4, 0.5) is 5.69 Å². The molecule has 3 nitrogen and oxygen atoms in total. The lowest BCUT2D eigenvalue weighted by Gasteiger charge is -2.40. The van der Waals surface area contributed by atoms with Crippen molar-refractivity contribution in [3.63, 3.8) is 0 Å². The first-order valence-corrected chi connectivity index (χ1v) is 11.5. The quantitative estimate of drug-likeness (QED) is 0.584. The zero-order valence-electron chi connectivity index (χ0n) is 18.5. The molecule has 156 valence electrons.